The first-order valence-electron chi connectivity index (χ1n) is 5.16. The number of rotatable bonds is 2. The number of nitrogens with zero attached hydrogens (tertiary/aromatic N) is 2. The zero-order valence-electron chi connectivity index (χ0n) is 9.00. The van der Waals surface area contributed by atoms with Crippen molar-refractivity contribution < 1.29 is 15.0 Å². The Morgan fingerprint density at radius 3 is 2.75 bits per heavy atom. The van der Waals surface area contributed by atoms with E-state index in [2.05, 4.69) is 4.98 Å². The van der Waals surface area contributed by atoms with E-state index in [-0.39, 0.29) is 0 Å². The molecule has 1 amide bonds. The summed E-state index contributed by atoms with van der Waals surface area (Å²) < 4.78 is 0. The number of carbonyl (C=O) groups excluding carboxylic acids is 1. The van der Waals surface area contributed by atoms with Gasteiger partial charge in [0, 0.05) is 25.5 Å². The molecule has 2 atom stereocenters. The van der Waals surface area contributed by atoms with Crippen molar-refractivity contribution in [3.8, 4) is 0 Å². The third-order valence-corrected chi connectivity index (χ3v) is 2.75. The van der Waals surface area contributed by atoms with Crippen molar-refractivity contribution in [1.29, 1.82) is 0 Å². The summed E-state index contributed by atoms with van der Waals surface area (Å²) in [5.41, 5.74) is 2.04. The zero-order chi connectivity index (χ0) is 11.7. The molecule has 0 aliphatic carbocycles. The number of fused-ring (bicyclic) bond motifs is 1. The highest BCUT2D eigenvalue weighted by atomic mass is 16.3. The van der Waals surface area contributed by atoms with Crippen LogP contribution in [-0.2, 0) is 17.9 Å². The number of aliphatic hydroxyl groups excluding tert-OH is 2. The summed E-state index contributed by atoms with van der Waals surface area (Å²) in [5.74, 6) is -0.439. The first-order valence-corrected chi connectivity index (χ1v) is 5.16. The molecule has 2 rings (SSSR count). The monoisotopic (exact) mass is 222 g/mol. The average molecular weight is 222 g/mol. The predicted molar refractivity (Wildman–Crippen MR) is 56.2 cm³/mol. The number of hydrogen-bond acceptors (Lipinski definition) is 4. The fourth-order valence-electron chi connectivity index (χ4n) is 1.77. The molecule has 0 fully saturated rings. The van der Waals surface area contributed by atoms with Gasteiger partial charge in [0.15, 0.2) is 6.10 Å². The third-order valence-electron chi connectivity index (χ3n) is 2.75. The van der Waals surface area contributed by atoms with Crippen LogP contribution in [0.1, 0.15) is 18.1 Å². The Morgan fingerprint density at radius 1 is 1.44 bits per heavy atom. The van der Waals surface area contributed by atoms with Crippen molar-refractivity contribution in [2.24, 2.45) is 0 Å². The van der Waals surface area contributed by atoms with Crippen LogP contribution in [0, 0.1) is 0 Å². The minimum atomic E-state index is -1.35. The van der Waals surface area contributed by atoms with Crippen molar-refractivity contribution in [3.05, 3.63) is 29.6 Å². The van der Waals surface area contributed by atoms with Gasteiger partial charge in [-0.15, -0.1) is 0 Å². The highest BCUT2D eigenvalue weighted by Gasteiger charge is 2.30. The van der Waals surface area contributed by atoms with Crippen molar-refractivity contribution in [2.75, 3.05) is 0 Å². The van der Waals surface area contributed by atoms with Gasteiger partial charge in [-0.05, 0) is 24.1 Å². The first kappa shape index (κ1) is 11.0. The third kappa shape index (κ3) is 1.91. The molecule has 16 heavy (non-hydrogen) atoms. The summed E-state index contributed by atoms with van der Waals surface area (Å²) in [6, 6.07) is 1.86. The molecule has 0 unspecified atom stereocenters. The molecule has 0 bridgehead atoms. The lowest BCUT2D eigenvalue weighted by Crippen LogP contribution is -2.41. The average Bonchev–Trinajstić information content (AvgIpc) is 2.70. The molecule has 0 aromatic carbocycles. The normalized spacial score (nSPS) is 18.1. The first-order chi connectivity index (χ1) is 7.59. The molecule has 5 heteroatoms. The summed E-state index contributed by atoms with van der Waals surface area (Å²) in [6.07, 6.45) is 1.01. The second-order valence-corrected chi connectivity index (χ2v) is 4.02. The van der Waals surface area contributed by atoms with E-state index in [0.29, 0.717) is 13.1 Å². The zero-order valence-corrected chi connectivity index (χ0v) is 9.00. The maximum atomic E-state index is 11.8. The van der Waals surface area contributed by atoms with Crippen molar-refractivity contribution in [1.82, 2.24) is 9.88 Å². The number of aliphatic hydroxyl groups is 2. The van der Waals surface area contributed by atoms with Crippen LogP contribution < -0.4 is 0 Å². The van der Waals surface area contributed by atoms with E-state index in [9.17, 15) is 9.90 Å². The molecule has 0 saturated carbocycles. The van der Waals surface area contributed by atoms with Gasteiger partial charge in [-0.1, -0.05) is 0 Å². The van der Waals surface area contributed by atoms with E-state index in [0.717, 1.165) is 11.1 Å². The smallest absolute Gasteiger partial charge is 0.254 e. The summed E-state index contributed by atoms with van der Waals surface area (Å²) in [5, 5.41) is 18.6. The van der Waals surface area contributed by atoms with E-state index in [1.807, 2.05) is 6.07 Å². The fourth-order valence-corrected chi connectivity index (χ4v) is 1.77. The van der Waals surface area contributed by atoms with Crippen LogP contribution in [0.4, 0.5) is 0 Å². The van der Waals surface area contributed by atoms with E-state index >= 15 is 0 Å². The van der Waals surface area contributed by atoms with Crippen LogP contribution in [-0.4, -0.2) is 38.2 Å². The summed E-state index contributed by atoms with van der Waals surface area (Å²) in [4.78, 5) is 17.2. The maximum Gasteiger partial charge on any atom is 0.254 e. The predicted octanol–water partition coefficient (Wildman–Crippen LogP) is -0.335. The van der Waals surface area contributed by atoms with Gasteiger partial charge in [-0.2, -0.15) is 0 Å². The van der Waals surface area contributed by atoms with Crippen LogP contribution >= 0.6 is 0 Å². The largest absolute Gasteiger partial charge is 0.390 e. The van der Waals surface area contributed by atoms with Crippen LogP contribution in [0.25, 0.3) is 0 Å². The lowest BCUT2D eigenvalue weighted by molar-refractivity contribution is -0.146. The SMILES string of the molecule is C[C@H](O)[C@@H](O)C(=O)N1Cc2ccncc2C1. The Balaban J connectivity index is 2.09. The van der Waals surface area contributed by atoms with Gasteiger partial charge in [0.1, 0.15) is 0 Å². The van der Waals surface area contributed by atoms with Gasteiger partial charge in [0.05, 0.1) is 6.10 Å². The summed E-state index contributed by atoms with van der Waals surface area (Å²) in [6.45, 7) is 2.32. The topological polar surface area (TPSA) is 73.7 Å². The van der Waals surface area contributed by atoms with Gasteiger partial charge < -0.3 is 15.1 Å². The second-order valence-electron chi connectivity index (χ2n) is 4.02. The number of carbonyl (C=O) groups is 1. The number of amides is 1. The molecule has 2 N–H and O–H groups in total. The molecule has 0 saturated heterocycles. The van der Waals surface area contributed by atoms with Gasteiger partial charge in [-0.25, -0.2) is 0 Å². The molecule has 1 aromatic heterocycles. The molecule has 5 nitrogen and oxygen atoms in total. The second kappa shape index (κ2) is 4.19. The lowest BCUT2D eigenvalue weighted by Gasteiger charge is -2.20. The number of hydrogen-bond donors (Lipinski definition) is 2. The molecular weight excluding hydrogens is 208 g/mol. The Hall–Kier alpha value is -1.46. The van der Waals surface area contributed by atoms with Gasteiger partial charge >= 0.3 is 0 Å². The highest BCUT2D eigenvalue weighted by molar-refractivity contribution is 5.81. The molecule has 86 valence electrons. The van der Waals surface area contributed by atoms with Crippen molar-refractivity contribution in [2.45, 2.75) is 32.2 Å². The van der Waals surface area contributed by atoms with E-state index in [4.69, 9.17) is 5.11 Å². The maximum absolute atomic E-state index is 11.8. The van der Waals surface area contributed by atoms with Crippen LogP contribution in [0.5, 0.6) is 0 Å². The molecule has 1 aliphatic heterocycles. The van der Waals surface area contributed by atoms with E-state index in [1.54, 1.807) is 12.4 Å². The van der Waals surface area contributed by atoms with Gasteiger partial charge in [-0.3, -0.25) is 9.78 Å². The lowest BCUT2D eigenvalue weighted by atomic mass is 10.2. The van der Waals surface area contributed by atoms with Crippen LogP contribution in [0.15, 0.2) is 18.5 Å². The number of aromatic nitrogens is 1. The van der Waals surface area contributed by atoms with E-state index < -0.39 is 18.1 Å². The molecule has 1 aliphatic rings. The minimum Gasteiger partial charge on any atom is -0.390 e. The standard InChI is InChI=1S/C11H14N2O3/c1-7(14)10(15)11(16)13-5-8-2-3-12-4-9(8)6-13/h2-4,7,10,14-15H,5-6H2,1H3/t7-,10+/m0/s1. The Labute approximate surface area is 93.3 Å². The molecule has 2 heterocycles. The van der Waals surface area contributed by atoms with Crippen LogP contribution in [0.2, 0.25) is 0 Å². The minimum absolute atomic E-state index is 0.439. The molecule has 0 radical (unpaired) electrons. The summed E-state index contributed by atoms with van der Waals surface area (Å²) in [7, 11) is 0. The van der Waals surface area contributed by atoms with Crippen molar-refractivity contribution in [3.63, 3.8) is 0 Å². The van der Waals surface area contributed by atoms with E-state index in [1.165, 1.54) is 11.8 Å². The quantitative estimate of drug-likeness (QED) is 0.718. The Bertz CT molecular complexity index is 381. The fraction of sp³-hybridized carbons (Fsp3) is 0.455. The molecule has 0 spiro atoms. The summed E-state index contributed by atoms with van der Waals surface area (Å²) >= 11 is 0. The number of pyridine rings is 1. The van der Waals surface area contributed by atoms with Gasteiger partial charge in [0.25, 0.3) is 5.91 Å². The Morgan fingerprint density at radius 2 is 2.12 bits per heavy atom. The van der Waals surface area contributed by atoms with Gasteiger partial charge in [0.2, 0.25) is 0 Å². The van der Waals surface area contributed by atoms with Crippen LogP contribution in [0.3, 0.4) is 0 Å². The molecular formula is C11H14N2O3. The molecule has 1 aromatic rings. The Kier molecular flexibility index (Phi) is 2.89. The highest BCUT2D eigenvalue weighted by Crippen LogP contribution is 2.22. The van der Waals surface area contributed by atoms with Crippen molar-refractivity contribution >= 4 is 5.91 Å².